The number of carbonyl (C=O) groups excluding carboxylic acids is 1. The molecule has 138 valence electrons. The van der Waals surface area contributed by atoms with E-state index >= 15 is 0 Å². The third kappa shape index (κ3) is 3.42. The molecule has 2 heterocycles. The van der Waals surface area contributed by atoms with Gasteiger partial charge in [-0.25, -0.2) is 9.97 Å². The number of rotatable bonds is 4. The number of fused-ring (bicyclic) bond motifs is 1. The zero-order valence-electron chi connectivity index (χ0n) is 15.4. The van der Waals surface area contributed by atoms with Crippen LogP contribution >= 0.6 is 0 Å². The molecule has 0 spiro atoms. The fourth-order valence-electron chi connectivity index (χ4n) is 3.29. The molecule has 1 aliphatic rings. The van der Waals surface area contributed by atoms with E-state index < -0.39 is 0 Å². The Hall–Kier alpha value is -3.72. The Kier molecular flexibility index (Phi) is 4.73. The maximum absolute atomic E-state index is 12.8. The van der Waals surface area contributed by atoms with E-state index in [2.05, 4.69) is 16.0 Å². The summed E-state index contributed by atoms with van der Waals surface area (Å²) in [5.74, 6) is 1.37. The summed E-state index contributed by atoms with van der Waals surface area (Å²) in [6.45, 7) is 0.878. The van der Waals surface area contributed by atoms with Crippen LogP contribution in [0.4, 0.5) is 0 Å². The molecule has 0 radical (unpaired) electrons. The molecule has 1 amide bonds. The normalized spacial score (nSPS) is 12.4. The molecule has 0 N–H and O–H groups in total. The number of hydrogen-bond donors (Lipinski definition) is 0. The lowest BCUT2D eigenvalue weighted by Crippen LogP contribution is -2.26. The van der Waals surface area contributed by atoms with Gasteiger partial charge in [0.15, 0.2) is 0 Å². The molecule has 3 aromatic rings. The van der Waals surface area contributed by atoms with Crippen molar-refractivity contribution in [3.63, 3.8) is 0 Å². The molecule has 28 heavy (non-hydrogen) atoms. The van der Waals surface area contributed by atoms with E-state index in [1.807, 2.05) is 24.3 Å². The molecule has 1 aliphatic heterocycles. The second-order valence-electron chi connectivity index (χ2n) is 6.60. The molecule has 2 aromatic carbocycles. The quantitative estimate of drug-likeness (QED) is 0.705. The number of methoxy groups -OCH3 is 1. The van der Waals surface area contributed by atoms with Crippen LogP contribution in [-0.4, -0.2) is 27.9 Å². The minimum Gasteiger partial charge on any atom is -0.497 e. The highest BCUT2D eigenvalue weighted by Crippen LogP contribution is 2.24. The van der Waals surface area contributed by atoms with Crippen molar-refractivity contribution >= 4 is 5.91 Å². The molecule has 1 aromatic heterocycles. The van der Waals surface area contributed by atoms with Crippen LogP contribution in [0, 0.1) is 11.3 Å². The summed E-state index contributed by atoms with van der Waals surface area (Å²) < 4.78 is 5.18. The van der Waals surface area contributed by atoms with Gasteiger partial charge in [0.05, 0.1) is 36.5 Å². The summed E-state index contributed by atoms with van der Waals surface area (Å²) in [6, 6.07) is 16.8. The third-order valence-corrected chi connectivity index (χ3v) is 4.79. The van der Waals surface area contributed by atoms with Gasteiger partial charge < -0.3 is 9.64 Å². The van der Waals surface area contributed by atoms with E-state index in [-0.39, 0.29) is 5.91 Å². The number of nitrogens with zero attached hydrogens (tertiary/aromatic N) is 4. The van der Waals surface area contributed by atoms with Crippen LogP contribution in [0.5, 0.6) is 5.75 Å². The van der Waals surface area contributed by atoms with Gasteiger partial charge >= 0.3 is 0 Å². The number of carbonyl (C=O) groups is 1. The van der Waals surface area contributed by atoms with E-state index in [0.717, 1.165) is 28.4 Å². The number of benzene rings is 2. The molecule has 0 atom stereocenters. The summed E-state index contributed by atoms with van der Waals surface area (Å²) in [5.41, 5.74) is 3.70. The number of ether oxygens (including phenoxy) is 1. The summed E-state index contributed by atoms with van der Waals surface area (Å²) in [7, 11) is 1.64. The fraction of sp³-hybridized carbons (Fsp3) is 0.182. The molecule has 0 saturated carbocycles. The van der Waals surface area contributed by atoms with Crippen LogP contribution in [0.25, 0.3) is 0 Å². The van der Waals surface area contributed by atoms with Gasteiger partial charge in [-0.05, 0) is 29.8 Å². The zero-order chi connectivity index (χ0) is 19.5. The largest absolute Gasteiger partial charge is 0.497 e. The molecule has 0 unspecified atom stereocenters. The predicted molar refractivity (Wildman–Crippen MR) is 103 cm³/mol. The summed E-state index contributed by atoms with van der Waals surface area (Å²) >= 11 is 0. The second kappa shape index (κ2) is 7.49. The Morgan fingerprint density at radius 1 is 1.18 bits per heavy atom. The highest BCUT2D eigenvalue weighted by molar-refractivity contribution is 5.96. The van der Waals surface area contributed by atoms with Gasteiger partial charge in [-0.3, -0.25) is 4.79 Å². The average molecular weight is 370 g/mol. The first-order valence-corrected chi connectivity index (χ1v) is 8.93. The van der Waals surface area contributed by atoms with Crippen molar-refractivity contribution in [1.29, 1.82) is 5.26 Å². The Morgan fingerprint density at radius 2 is 1.96 bits per heavy atom. The van der Waals surface area contributed by atoms with Crippen LogP contribution in [0.3, 0.4) is 0 Å². The van der Waals surface area contributed by atoms with Crippen molar-refractivity contribution < 1.29 is 9.53 Å². The van der Waals surface area contributed by atoms with Crippen LogP contribution in [0.2, 0.25) is 0 Å². The summed E-state index contributed by atoms with van der Waals surface area (Å²) in [4.78, 5) is 23.7. The zero-order valence-corrected chi connectivity index (χ0v) is 15.4. The van der Waals surface area contributed by atoms with Crippen molar-refractivity contribution in [3.8, 4) is 11.8 Å². The highest BCUT2D eigenvalue weighted by atomic mass is 16.5. The minimum atomic E-state index is -0.160. The van der Waals surface area contributed by atoms with E-state index in [4.69, 9.17) is 4.74 Å². The van der Waals surface area contributed by atoms with Crippen molar-refractivity contribution in [2.75, 3.05) is 7.11 Å². The van der Waals surface area contributed by atoms with Crippen LogP contribution < -0.4 is 4.74 Å². The lowest BCUT2D eigenvalue weighted by Gasteiger charge is -2.15. The summed E-state index contributed by atoms with van der Waals surface area (Å²) in [6.07, 6.45) is 2.41. The van der Waals surface area contributed by atoms with Gasteiger partial charge in [0, 0.05) is 24.7 Å². The predicted octanol–water partition coefficient (Wildman–Crippen LogP) is 3.10. The van der Waals surface area contributed by atoms with Gasteiger partial charge in [0.1, 0.15) is 11.6 Å². The lowest BCUT2D eigenvalue weighted by molar-refractivity contribution is 0.0750. The number of aromatic nitrogens is 2. The SMILES string of the molecule is COc1ccc(Cc2ncc3c(n2)CN(C(=O)c2ccccc2C#N)C3)cc1. The van der Waals surface area contributed by atoms with Gasteiger partial charge in [-0.15, -0.1) is 0 Å². The van der Waals surface area contributed by atoms with Crippen molar-refractivity contribution in [1.82, 2.24) is 14.9 Å². The molecule has 0 bridgehead atoms. The Bertz CT molecular complexity index is 1070. The lowest BCUT2D eigenvalue weighted by atomic mass is 10.1. The molecule has 0 saturated heterocycles. The van der Waals surface area contributed by atoms with Gasteiger partial charge in [0.25, 0.3) is 5.91 Å². The van der Waals surface area contributed by atoms with Gasteiger partial charge in [-0.2, -0.15) is 5.26 Å². The Morgan fingerprint density at radius 3 is 2.71 bits per heavy atom. The first-order valence-electron chi connectivity index (χ1n) is 8.93. The maximum atomic E-state index is 12.8. The first kappa shape index (κ1) is 17.7. The third-order valence-electron chi connectivity index (χ3n) is 4.79. The second-order valence-corrected chi connectivity index (χ2v) is 6.60. The van der Waals surface area contributed by atoms with Crippen molar-refractivity contribution in [3.05, 3.63) is 88.5 Å². The Balaban J connectivity index is 1.51. The number of amides is 1. The molecule has 6 nitrogen and oxygen atoms in total. The topological polar surface area (TPSA) is 79.1 Å². The molecule has 0 fully saturated rings. The van der Waals surface area contributed by atoms with Crippen LogP contribution in [0.15, 0.2) is 54.7 Å². The van der Waals surface area contributed by atoms with Gasteiger partial charge in [0.2, 0.25) is 0 Å². The van der Waals surface area contributed by atoms with E-state index in [1.165, 1.54) is 0 Å². The summed E-state index contributed by atoms with van der Waals surface area (Å²) in [5, 5.41) is 9.24. The van der Waals surface area contributed by atoms with Crippen molar-refractivity contribution in [2.24, 2.45) is 0 Å². The standard InChI is InChI=1S/C22H18N4O2/c1-28-18-8-6-15(7-9-18)10-21-24-12-17-13-26(14-20(17)25-21)22(27)19-5-3-2-4-16(19)11-23/h2-9,12H,10,13-14H2,1H3. The minimum absolute atomic E-state index is 0.160. The molecule has 6 heteroatoms. The van der Waals surface area contributed by atoms with E-state index in [9.17, 15) is 10.1 Å². The average Bonchev–Trinajstić information content (AvgIpc) is 3.17. The molecule has 0 aliphatic carbocycles. The number of hydrogen-bond acceptors (Lipinski definition) is 5. The van der Waals surface area contributed by atoms with Gasteiger partial charge in [-0.1, -0.05) is 24.3 Å². The smallest absolute Gasteiger partial charge is 0.255 e. The fourth-order valence-corrected chi connectivity index (χ4v) is 3.29. The van der Waals surface area contributed by atoms with E-state index in [1.54, 1.807) is 42.5 Å². The highest BCUT2D eigenvalue weighted by Gasteiger charge is 2.27. The van der Waals surface area contributed by atoms with Crippen LogP contribution in [-0.2, 0) is 19.5 Å². The molecular formula is C22H18N4O2. The van der Waals surface area contributed by atoms with Crippen molar-refractivity contribution in [2.45, 2.75) is 19.5 Å². The molecule has 4 rings (SSSR count). The molecular weight excluding hydrogens is 352 g/mol. The monoisotopic (exact) mass is 370 g/mol. The maximum Gasteiger partial charge on any atom is 0.255 e. The van der Waals surface area contributed by atoms with E-state index in [0.29, 0.717) is 30.6 Å². The Labute approximate surface area is 163 Å². The number of nitriles is 1. The first-order chi connectivity index (χ1) is 13.7. The van der Waals surface area contributed by atoms with Crippen LogP contribution in [0.1, 0.15) is 38.6 Å².